The predicted molar refractivity (Wildman–Crippen MR) is 98.4 cm³/mol. The number of nitrogens with zero attached hydrogens (tertiary/aromatic N) is 3. The second-order valence-corrected chi connectivity index (χ2v) is 7.67. The molecule has 0 N–H and O–H groups in total. The van der Waals surface area contributed by atoms with E-state index in [-0.39, 0.29) is 12.0 Å². The molecule has 3 aromatic rings. The Bertz CT molecular complexity index is 901. The summed E-state index contributed by atoms with van der Waals surface area (Å²) >= 11 is 7.24. The number of thiophene rings is 1. The van der Waals surface area contributed by atoms with Gasteiger partial charge in [0.2, 0.25) is 5.88 Å². The third-order valence-corrected chi connectivity index (χ3v) is 5.55. The van der Waals surface area contributed by atoms with E-state index in [1.807, 2.05) is 29.2 Å². The molecule has 0 atom stereocenters. The fourth-order valence-corrected chi connectivity index (χ4v) is 4.02. The Morgan fingerprint density at radius 2 is 2.00 bits per heavy atom. The highest BCUT2D eigenvalue weighted by molar-refractivity contribution is 7.17. The van der Waals surface area contributed by atoms with E-state index in [0.717, 1.165) is 23.6 Å². The molecule has 0 bridgehead atoms. The van der Waals surface area contributed by atoms with Crippen molar-refractivity contribution in [1.29, 1.82) is 0 Å². The van der Waals surface area contributed by atoms with Gasteiger partial charge in [-0.25, -0.2) is 0 Å². The molecule has 1 saturated heterocycles. The van der Waals surface area contributed by atoms with Gasteiger partial charge in [-0.2, -0.15) is 5.10 Å². The standard InChI is InChI=1S/C18H16ClN3O2S/c19-16-6-5-15(25-16)18(23)22-9-7-13(8-10-22)24-17-14-4-2-1-3-12(14)11-20-21-17/h1-6,11,13H,7-10H2. The van der Waals surface area contributed by atoms with Crippen molar-refractivity contribution in [2.75, 3.05) is 13.1 Å². The zero-order valence-electron chi connectivity index (χ0n) is 13.4. The molecule has 1 fully saturated rings. The maximum atomic E-state index is 12.5. The first-order valence-electron chi connectivity index (χ1n) is 8.12. The van der Waals surface area contributed by atoms with Crippen molar-refractivity contribution < 1.29 is 9.53 Å². The zero-order chi connectivity index (χ0) is 17.2. The Morgan fingerprint density at radius 3 is 2.76 bits per heavy atom. The summed E-state index contributed by atoms with van der Waals surface area (Å²) in [6.45, 7) is 1.33. The van der Waals surface area contributed by atoms with E-state index in [1.165, 1.54) is 11.3 Å². The fraction of sp³-hybridized carbons (Fsp3) is 0.278. The van der Waals surface area contributed by atoms with E-state index in [1.54, 1.807) is 18.3 Å². The van der Waals surface area contributed by atoms with E-state index in [0.29, 0.717) is 28.2 Å². The van der Waals surface area contributed by atoms with Crippen LogP contribution in [0.5, 0.6) is 5.88 Å². The average molecular weight is 374 g/mol. The van der Waals surface area contributed by atoms with Gasteiger partial charge in [0, 0.05) is 36.7 Å². The highest BCUT2D eigenvalue weighted by atomic mass is 35.5. The molecule has 1 aliphatic rings. The number of benzene rings is 1. The fourth-order valence-electron chi connectivity index (χ4n) is 3.01. The Hall–Kier alpha value is -2.18. The van der Waals surface area contributed by atoms with E-state index in [2.05, 4.69) is 10.2 Å². The van der Waals surface area contributed by atoms with Crippen molar-refractivity contribution in [2.24, 2.45) is 0 Å². The lowest BCUT2D eigenvalue weighted by molar-refractivity contribution is 0.0593. The largest absolute Gasteiger partial charge is 0.473 e. The Morgan fingerprint density at radius 1 is 1.20 bits per heavy atom. The van der Waals surface area contributed by atoms with Gasteiger partial charge >= 0.3 is 0 Å². The van der Waals surface area contributed by atoms with Crippen molar-refractivity contribution in [1.82, 2.24) is 15.1 Å². The molecule has 1 amide bonds. The molecular weight excluding hydrogens is 358 g/mol. The van der Waals surface area contributed by atoms with Crippen LogP contribution in [-0.4, -0.2) is 40.2 Å². The minimum atomic E-state index is 0.0380. The third kappa shape index (κ3) is 3.45. The molecule has 7 heteroatoms. The molecule has 2 aromatic heterocycles. The third-order valence-electron chi connectivity index (χ3n) is 4.33. The van der Waals surface area contributed by atoms with Crippen LogP contribution in [0.25, 0.3) is 10.8 Å². The molecule has 4 rings (SSSR count). The van der Waals surface area contributed by atoms with Gasteiger partial charge in [-0.05, 0) is 18.2 Å². The maximum absolute atomic E-state index is 12.5. The Labute approximate surface area is 154 Å². The van der Waals surface area contributed by atoms with Gasteiger partial charge in [0.15, 0.2) is 0 Å². The number of ether oxygens (including phenoxy) is 1. The van der Waals surface area contributed by atoms with E-state index >= 15 is 0 Å². The molecule has 0 unspecified atom stereocenters. The van der Waals surface area contributed by atoms with Crippen LogP contribution >= 0.6 is 22.9 Å². The molecule has 0 radical (unpaired) electrons. The monoisotopic (exact) mass is 373 g/mol. The van der Waals surface area contributed by atoms with Crippen molar-refractivity contribution in [3.8, 4) is 5.88 Å². The van der Waals surface area contributed by atoms with Crippen LogP contribution in [0, 0.1) is 0 Å². The molecule has 128 valence electrons. The SMILES string of the molecule is O=C(c1ccc(Cl)s1)N1CCC(Oc2nncc3ccccc23)CC1. The number of piperidine rings is 1. The van der Waals surface area contributed by atoms with E-state index in [4.69, 9.17) is 16.3 Å². The molecule has 3 heterocycles. The highest BCUT2D eigenvalue weighted by Gasteiger charge is 2.26. The number of amides is 1. The first-order valence-corrected chi connectivity index (χ1v) is 9.32. The summed E-state index contributed by atoms with van der Waals surface area (Å²) in [6, 6.07) is 11.4. The van der Waals surface area contributed by atoms with Crippen LogP contribution < -0.4 is 4.74 Å². The lowest BCUT2D eigenvalue weighted by Gasteiger charge is -2.31. The van der Waals surface area contributed by atoms with Gasteiger partial charge in [0.25, 0.3) is 5.91 Å². The zero-order valence-corrected chi connectivity index (χ0v) is 15.0. The van der Waals surface area contributed by atoms with Crippen LogP contribution in [-0.2, 0) is 0 Å². The van der Waals surface area contributed by atoms with E-state index < -0.39 is 0 Å². The summed E-state index contributed by atoms with van der Waals surface area (Å²) in [7, 11) is 0. The van der Waals surface area contributed by atoms with Crippen LogP contribution in [0.1, 0.15) is 22.5 Å². The van der Waals surface area contributed by atoms with Crippen molar-refractivity contribution >= 4 is 39.6 Å². The minimum absolute atomic E-state index is 0.0380. The number of hydrogen-bond donors (Lipinski definition) is 0. The molecule has 25 heavy (non-hydrogen) atoms. The Kier molecular flexibility index (Phi) is 4.55. The van der Waals surface area contributed by atoms with Crippen molar-refractivity contribution in [3.05, 3.63) is 51.8 Å². The van der Waals surface area contributed by atoms with E-state index in [9.17, 15) is 4.79 Å². The lowest BCUT2D eigenvalue weighted by atomic mass is 10.1. The first-order chi connectivity index (χ1) is 12.2. The van der Waals surface area contributed by atoms with Gasteiger partial charge in [-0.1, -0.05) is 29.8 Å². The molecule has 0 saturated carbocycles. The van der Waals surface area contributed by atoms with Crippen molar-refractivity contribution in [3.63, 3.8) is 0 Å². The van der Waals surface area contributed by atoms with Crippen LogP contribution in [0.4, 0.5) is 0 Å². The number of carbonyl (C=O) groups excluding carboxylic acids is 1. The number of fused-ring (bicyclic) bond motifs is 1. The summed E-state index contributed by atoms with van der Waals surface area (Å²) in [6.07, 6.45) is 3.32. The first kappa shape index (κ1) is 16.3. The van der Waals surface area contributed by atoms with Gasteiger partial charge in [-0.3, -0.25) is 4.79 Å². The smallest absolute Gasteiger partial charge is 0.263 e. The number of rotatable bonds is 3. The number of hydrogen-bond acceptors (Lipinski definition) is 5. The normalized spacial score (nSPS) is 15.5. The number of halogens is 1. The summed E-state index contributed by atoms with van der Waals surface area (Å²) in [5.41, 5.74) is 0. The second-order valence-electron chi connectivity index (χ2n) is 5.95. The van der Waals surface area contributed by atoms with Crippen LogP contribution in [0.15, 0.2) is 42.6 Å². The topological polar surface area (TPSA) is 55.3 Å². The summed E-state index contributed by atoms with van der Waals surface area (Å²) in [5.74, 6) is 0.605. The second kappa shape index (κ2) is 6.98. The molecule has 1 aliphatic heterocycles. The minimum Gasteiger partial charge on any atom is -0.473 e. The number of carbonyl (C=O) groups is 1. The molecule has 5 nitrogen and oxygen atoms in total. The molecule has 0 aliphatic carbocycles. The maximum Gasteiger partial charge on any atom is 0.263 e. The molecule has 0 spiro atoms. The highest BCUT2D eigenvalue weighted by Crippen LogP contribution is 2.27. The van der Waals surface area contributed by atoms with Crippen LogP contribution in [0.3, 0.4) is 0 Å². The van der Waals surface area contributed by atoms with Crippen molar-refractivity contribution in [2.45, 2.75) is 18.9 Å². The summed E-state index contributed by atoms with van der Waals surface area (Å²) in [5, 5.41) is 10.1. The number of aromatic nitrogens is 2. The van der Waals surface area contributed by atoms with Gasteiger partial charge in [0.05, 0.1) is 15.4 Å². The summed E-state index contributed by atoms with van der Waals surface area (Å²) in [4.78, 5) is 15.0. The van der Waals surface area contributed by atoms with Gasteiger partial charge in [0.1, 0.15) is 6.10 Å². The molecule has 1 aromatic carbocycles. The van der Waals surface area contributed by atoms with Crippen LogP contribution in [0.2, 0.25) is 4.34 Å². The van der Waals surface area contributed by atoms with Gasteiger partial charge in [-0.15, -0.1) is 16.4 Å². The summed E-state index contributed by atoms with van der Waals surface area (Å²) < 4.78 is 6.71. The lowest BCUT2D eigenvalue weighted by Crippen LogP contribution is -2.41. The molecular formula is C18H16ClN3O2S. The quantitative estimate of drug-likeness (QED) is 0.695. The van der Waals surface area contributed by atoms with Gasteiger partial charge < -0.3 is 9.64 Å². The Balaban J connectivity index is 1.41. The average Bonchev–Trinajstić information content (AvgIpc) is 3.08. The number of likely N-dealkylation sites (tertiary alicyclic amines) is 1. The predicted octanol–water partition coefficient (Wildman–Crippen LogP) is 4.03.